The van der Waals surface area contributed by atoms with Gasteiger partial charge in [0.05, 0.1) is 17.3 Å². The number of hydrogen-bond acceptors (Lipinski definition) is 3. The van der Waals surface area contributed by atoms with Crippen LogP contribution in [0, 0.1) is 17.1 Å². The summed E-state index contributed by atoms with van der Waals surface area (Å²) in [4.78, 5) is 11.5. The number of nitrogens with two attached hydrogens (primary N) is 1. The van der Waals surface area contributed by atoms with Crippen LogP contribution in [0.4, 0.5) is 10.1 Å². The van der Waals surface area contributed by atoms with Crippen molar-refractivity contribution in [2.75, 3.05) is 5.32 Å². The molecule has 1 aromatic rings. The number of hydrogen-bond donors (Lipinski definition) is 2. The number of nitrogens with zero attached hydrogens (tertiary/aromatic N) is 1. The van der Waals surface area contributed by atoms with Gasteiger partial charge in [-0.1, -0.05) is 6.92 Å². The maximum Gasteiger partial charge on any atom is 0.241 e. The fraction of sp³-hybridized carbons (Fsp3) is 0.273. The highest BCUT2D eigenvalue weighted by Gasteiger charge is 2.13. The molecule has 4 nitrogen and oxygen atoms in total. The van der Waals surface area contributed by atoms with Gasteiger partial charge in [-0.05, 0) is 24.6 Å². The fourth-order valence-corrected chi connectivity index (χ4v) is 1.13. The van der Waals surface area contributed by atoms with Crippen LogP contribution < -0.4 is 11.1 Å². The van der Waals surface area contributed by atoms with Crippen molar-refractivity contribution in [2.45, 2.75) is 19.4 Å². The predicted octanol–water partition coefficient (Wildman–Crippen LogP) is 1.37. The first kappa shape index (κ1) is 12.1. The van der Waals surface area contributed by atoms with Crippen molar-refractivity contribution in [3.8, 4) is 6.07 Å². The Morgan fingerprint density at radius 2 is 2.38 bits per heavy atom. The first-order valence-corrected chi connectivity index (χ1v) is 4.84. The molecule has 0 aliphatic carbocycles. The van der Waals surface area contributed by atoms with Crippen molar-refractivity contribution in [3.63, 3.8) is 0 Å². The third-order valence-corrected chi connectivity index (χ3v) is 2.14. The Hall–Kier alpha value is -1.93. The van der Waals surface area contributed by atoms with E-state index in [1.54, 1.807) is 13.0 Å². The lowest BCUT2D eigenvalue weighted by Gasteiger charge is -2.10. The summed E-state index contributed by atoms with van der Waals surface area (Å²) in [5.74, 6) is -0.903. The van der Waals surface area contributed by atoms with Gasteiger partial charge in [0, 0.05) is 0 Å². The smallest absolute Gasteiger partial charge is 0.241 e. The summed E-state index contributed by atoms with van der Waals surface area (Å²) in [5, 5.41) is 11.2. The SMILES string of the molecule is CC[C@@H](N)C(=O)Nc1ccc(F)cc1C#N. The standard InChI is InChI=1S/C11H12FN3O/c1-2-9(14)11(16)15-10-4-3-8(12)5-7(10)6-13/h3-5,9H,2,14H2,1H3,(H,15,16)/t9-/m1/s1. The molecule has 1 rings (SSSR count). The Balaban J connectivity index is 2.90. The zero-order valence-corrected chi connectivity index (χ0v) is 8.83. The van der Waals surface area contributed by atoms with Gasteiger partial charge in [-0.2, -0.15) is 5.26 Å². The molecule has 0 saturated heterocycles. The van der Waals surface area contributed by atoms with Crippen molar-refractivity contribution in [2.24, 2.45) is 5.73 Å². The Kier molecular flexibility index (Phi) is 3.97. The topological polar surface area (TPSA) is 78.9 Å². The number of rotatable bonds is 3. The second-order valence-corrected chi connectivity index (χ2v) is 3.31. The quantitative estimate of drug-likeness (QED) is 0.809. The predicted molar refractivity (Wildman–Crippen MR) is 58.0 cm³/mol. The number of amides is 1. The average molecular weight is 221 g/mol. The van der Waals surface area contributed by atoms with E-state index in [9.17, 15) is 9.18 Å². The minimum atomic E-state index is -0.628. The van der Waals surface area contributed by atoms with Crippen LogP contribution in [0.3, 0.4) is 0 Å². The molecule has 0 saturated carbocycles. The van der Waals surface area contributed by atoms with E-state index >= 15 is 0 Å². The van der Waals surface area contributed by atoms with E-state index in [1.165, 1.54) is 12.1 Å². The van der Waals surface area contributed by atoms with E-state index in [4.69, 9.17) is 11.0 Å². The maximum atomic E-state index is 12.8. The van der Waals surface area contributed by atoms with Gasteiger partial charge in [0.25, 0.3) is 0 Å². The van der Waals surface area contributed by atoms with Crippen LogP contribution in [0.2, 0.25) is 0 Å². The molecule has 0 bridgehead atoms. The molecule has 3 N–H and O–H groups in total. The first-order chi connectivity index (χ1) is 7.58. The number of nitrogens with one attached hydrogen (secondary N) is 1. The molecule has 1 amide bonds. The average Bonchev–Trinajstić information content (AvgIpc) is 2.30. The van der Waals surface area contributed by atoms with Crippen molar-refractivity contribution in [3.05, 3.63) is 29.6 Å². The first-order valence-electron chi connectivity index (χ1n) is 4.84. The number of benzene rings is 1. The molecule has 16 heavy (non-hydrogen) atoms. The van der Waals surface area contributed by atoms with Gasteiger partial charge >= 0.3 is 0 Å². The number of carbonyl (C=O) groups is 1. The highest BCUT2D eigenvalue weighted by atomic mass is 19.1. The van der Waals surface area contributed by atoms with Crippen LogP contribution in [0.15, 0.2) is 18.2 Å². The molecular weight excluding hydrogens is 209 g/mol. The zero-order chi connectivity index (χ0) is 12.1. The molecule has 0 unspecified atom stereocenters. The Bertz CT molecular complexity index is 439. The van der Waals surface area contributed by atoms with E-state index in [0.29, 0.717) is 6.42 Å². The van der Waals surface area contributed by atoms with Gasteiger partial charge in [0.2, 0.25) is 5.91 Å². The number of carbonyl (C=O) groups excluding carboxylic acids is 1. The highest BCUT2D eigenvalue weighted by molar-refractivity contribution is 5.95. The van der Waals surface area contributed by atoms with Gasteiger partial charge in [0.15, 0.2) is 0 Å². The van der Waals surface area contributed by atoms with Crippen LogP contribution in [0.5, 0.6) is 0 Å². The summed E-state index contributed by atoms with van der Waals surface area (Å²) < 4.78 is 12.8. The molecule has 0 aliphatic rings. The molecule has 1 aromatic carbocycles. The van der Waals surface area contributed by atoms with Gasteiger partial charge in [-0.25, -0.2) is 4.39 Å². The van der Waals surface area contributed by atoms with E-state index in [0.717, 1.165) is 6.07 Å². The van der Waals surface area contributed by atoms with E-state index in [2.05, 4.69) is 5.32 Å². The van der Waals surface area contributed by atoms with Gasteiger partial charge in [-0.15, -0.1) is 0 Å². The van der Waals surface area contributed by atoms with E-state index in [-0.39, 0.29) is 17.2 Å². The summed E-state index contributed by atoms with van der Waals surface area (Å²) in [7, 11) is 0. The third-order valence-electron chi connectivity index (χ3n) is 2.14. The largest absolute Gasteiger partial charge is 0.324 e. The molecule has 0 aromatic heterocycles. The minimum Gasteiger partial charge on any atom is -0.324 e. The summed E-state index contributed by atoms with van der Waals surface area (Å²) in [6.45, 7) is 1.78. The lowest BCUT2D eigenvalue weighted by atomic mass is 10.1. The molecule has 0 fully saturated rings. The monoisotopic (exact) mass is 221 g/mol. The normalized spacial score (nSPS) is 11.6. The number of nitriles is 1. The molecule has 5 heteroatoms. The van der Waals surface area contributed by atoms with Crippen LogP contribution in [0.1, 0.15) is 18.9 Å². The molecule has 1 atom stereocenters. The zero-order valence-electron chi connectivity index (χ0n) is 8.83. The van der Waals surface area contributed by atoms with Crippen LogP contribution in [0.25, 0.3) is 0 Å². The highest BCUT2D eigenvalue weighted by Crippen LogP contribution is 2.16. The molecule has 0 heterocycles. The molecule has 84 valence electrons. The van der Waals surface area contributed by atoms with Crippen molar-refractivity contribution in [1.82, 2.24) is 0 Å². The number of anilines is 1. The summed E-state index contributed by atoms with van der Waals surface area (Å²) >= 11 is 0. The van der Waals surface area contributed by atoms with Crippen molar-refractivity contribution < 1.29 is 9.18 Å². The van der Waals surface area contributed by atoms with Crippen LogP contribution >= 0.6 is 0 Å². The summed E-state index contributed by atoms with van der Waals surface area (Å²) in [5.41, 5.74) is 5.87. The molecule has 0 spiro atoms. The fourth-order valence-electron chi connectivity index (χ4n) is 1.13. The van der Waals surface area contributed by atoms with E-state index in [1.807, 2.05) is 0 Å². The third kappa shape index (κ3) is 2.78. The Morgan fingerprint density at radius 1 is 1.69 bits per heavy atom. The summed E-state index contributed by atoms with van der Waals surface area (Å²) in [6.07, 6.45) is 0.495. The molecular formula is C11H12FN3O. The lowest BCUT2D eigenvalue weighted by Crippen LogP contribution is -2.35. The number of halogens is 1. The second-order valence-electron chi connectivity index (χ2n) is 3.31. The van der Waals surface area contributed by atoms with E-state index < -0.39 is 11.9 Å². The van der Waals surface area contributed by atoms with Crippen molar-refractivity contribution >= 4 is 11.6 Å². The van der Waals surface area contributed by atoms with Gasteiger partial charge in [-0.3, -0.25) is 4.79 Å². The molecule has 0 aliphatic heterocycles. The second kappa shape index (κ2) is 5.24. The molecule has 0 radical (unpaired) electrons. The Labute approximate surface area is 92.9 Å². The summed E-state index contributed by atoms with van der Waals surface area (Å²) in [6, 6.07) is 4.75. The van der Waals surface area contributed by atoms with Crippen LogP contribution in [-0.2, 0) is 4.79 Å². The maximum absolute atomic E-state index is 12.8. The minimum absolute atomic E-state index is 0.0802. The van der Waals surface area contributed by atoms with Crippen molar-refractivity contribution in [1.29, 1.82) is 5.26 Å². The lowest BCUT2D eigenvalue weighted by molar-refractivity contribution is -0.117. The Morgan fingerprint density at radius 3 is 2.94 bits per heavy atom. The van der Waals surface area contributed by atoms with Gasteiger partial charge in [0.1, 0.15) is 11.9 Å². The van der Waals surface area contributed by atoms with Crippen LogP contribution in [-0.4, -0.2) is 11.9 Å². The van der Waals surface area contributed by atoms with Gasteiger partial charge < -0.3 is 11.1 Å².